The van der Waals surface area contributed by atoms with E-state index in [1.165, 1.54) is 11.1 Å². The summed E-state index contributed by atoms with van der Waals surface area (Å²) in [5.74, 6) is 0.962. The van der Waals surface area contributed by atoms with Gasteiger partial charge in [-0.05, 0) is 56.5 Å². The van der Waals surface area contributed by atoms with Crippen LogP contribution in [-0.4, -0.2) is 24.8 Å². The standard InChI is InChI=1S/C20H25NO2S/c1-15-6-12-19(13-7-15)24-16(2)20(22)21-14-4-5-17-8-10-18(23-3)11-9-17/h6-13,16H,4-5,14H2,1-3H3,(H,21,22)/t16-/m1/s1. The van der Waals surface area contributed by atoms with Crippen LogP contribution in [0.2, 0.25) is 0 Å². The van der Waals surface area contributed by atoms with Gasteiger partial charge < -0.3 is 10.1 Å². The van der Waals surface area contributed by atoms with Crippen LogP contribution in [0, 0.1) is 6.92 Å². The van der Waals surface area contributed by atoms with Gasteiger partial charge in [-0.2, -0.15) is 0 Å². The number of carbonyl (C=O) groups excluding carboxylic acids is 1. The van der Waals surface area contributed by atoms with Crippen LogP contribution in [0.25, 0.3) is 0 Å². The van der Waals surface area contributed by atoms with Gasteiger partial charge in [-0.3, -0.25) is 4.79 Å². The van der Waals surface area contributed by atoms with E-state index in [1.807, 2.05) is 19.1 Å². The second kappa shape index (κ2) is 9.38. The van der Waals surface area contributed by atoms with Crippen molar-refractivity contribution in [1.82, 2.24) is 5.32 Å². The molecular weight excluding hydrogens is 318 g/mol. The first-order chi connectivity index (χ1) is 11.6. The number of rotatable bonds is 8. The molecule has 0 bridgehead atoms. The largest absolute Gasteiger partial charge is 0.497 e. The predicted octanol–water partition coefficient (Wildman–Crippen LogP) is 4.23. The first-order valence-corrected chi connectivity index (χ1v) is 9.10. The maximum Gasteiger partial charge on any atom is 0.233 e. The van der Waals surface area contributed by atoms with Gasteiger partial charge in [0.1, 0.15) is 5.75 Å². The lowest BCUT2D eigenvalue weighted by Gasteiger charge is -2.12. The summed E-state index contributed by atoms with van der Waals surface area (Å²) in [6, 6.07) is 16.3. The molecule has 128 valence electrons. The molecule has 1 atom stereocenters. The van der Waals surface area contributed by atoms with E-state index in [4.69, 9.17) is 4.74 Å². The maximum absolute atomic E-state index is 12.2. The second-order valence-electron chi connectivity index (χ2n) is 5.82. The van der Waals surface area contributed by atoms with Crippen LogP contribution in [0.1, 0.15) is 24.5 Å². The molecular formula is C20H25NO2S. The highest BCUT2D eigenvalue weighted by Crippen LogP contribution is 2.23. The summed E-state index contributed by atoms with van der Waals surface area (Å²) in [5.41, 5.74) is 2.49. The molecule has 3 nitrogen and oxygen atoms in total. The first-order valence-electron chi connectivity index (χ1n) is 8.22. The number of carbonyl (C=O) groups is 1. The Labute approximate surface area is 148 Å². The van der Waals surface area contributed by atoms with Crippen molar-refractivity contribution in [3.05, 3.63) is 59.7 Å². The van der Waals surface area contributed by atoms with E-state index < -0.39 is 0 Å². The number of methoxy groups -OCH3 is 1. The van der Waals surface area contributed by atoms with E-state index in [-0.39, 0.29) is 11.2 Å². The Morgan fingerprint density at radius 1 is 1.12 bits per heavy atom. The van der Waals surface area contributed by atoms with Crippen LogP contribution in [0.4, 0.5) is 0 Å². The summed E-state index contributed by atoms with van der Waals surface area (Å²) in [4.78, 5) is 13.3. The Hall–Kier alpha value is -1.94. The molecule has 0 saturated carbocycles. The quantitative estimate of drug-likeness (QED) is 0.576. The first kappa shape index (κ1) is 18.4. The summed E-state index contributed by atoms with van der Waals surface area (Å²) in [6.07, 6.45) is 1.88. The van der Waals surface area contributed by atoms with Gasteiger partial charge in [0.05, 0.1) is 12.4 Å². The minimum atomic E-state index is -0.0892. The highest BCUT2D eigenvalue weighted by Gasteiger charge is 2.13. The molecule has 0 aliphatic rings. The number of nitrogens with one attached hydrogen (secondary N) is 1. The van der Waals surface area contributed by atoms with Gasteiger partial charge in [0.25, 0.3) is 0 Å². The zero-order valence-electron chi connectivity index (χ0n) is 14.5. The van der Waals surface area contributed by atoms with Crippen molar-refractivity contribution in [2.24, 2.45) is 0 Å². The molecule has 1 amide bonds. The topological polar surface area (TPSA) is 38.3 Å². The lowest BCUT2D eigenvalue weighted by atomic mass is 10.1. The monoisotopic (exact) mass is 343 g/mol. The fourth-order valence-electron chi connectivity index (χ4n) is 2.31. The van der Waals surface area contributed by atoms with Crippen molar-refractivity contribution in [2.45, 2.75) is 36.8 Å². The van der Waals surface area contributed by atoms with E-state index in [1.54, 1.807) is 18.9 Å². The zero-order chi connectivity index (χ0) is 17.4. The molecule has 0 radical (unpaired) electrons. The number of aryl methyl sites for hydroxylation is 2. The molecule has 2 aromatic rings. The molecule has 0 aromatic heterocycles. The van der Waals surface area contributed by atoms with Gasteiger partial charge in [0.2, 0.25) is 5.91 Å². The molecule has 2 rings (SSSR count). The highest BCUT2D eigenvalue weighted by atomic mass is 32.2. The van der Waals surface area contributed by atoms with Crippen LogP contribution in [0.15, 0.2) is 53.4 Å². The summed E-state index contributed by atoms with van der Waals surface area (Å²) < 4.78 is 5.15. The van der Waals surface area contributed by atoms with Crippen molar-refractivity contribution >= 4 is 17.7 Å². The molecule has 0 saturated heterocycles. The molecule has 0 aliphatic carbocycles. The third-order valence-corrected chi connectivity index (χ3v) is 4.92. The summed E-state index contributed by atoms with van der Waals surface area (Å²) >= 11 is 1.59. The third-order valence-electron chi connectivity index (χ3n) is 3.80. The van der Waals surface area contributed by atoms with Gasteiger partial charge in [-0.15, -0.1) is 11.8 Å². The van der Waals surface area contributed by atoms with Crippen molar-refractivity contribution in [1.29, 1.82) is 0 Å². The highest BCUT2D eigenvalue weighted by molar-refractivity contribution is 8.00. The van der Waals surface area contributed by atoms with E-state index >= 15 is 0 Å². The zero-order valence-corrected chi connectivity index (χ0v) is 15.4. The Bertz CT molecular complexity index is 638. The second-order valence-corrected chi connectivity index (χ2v) is 7.23. The number of ether oxygens (including phenoxy) is 1. The fraction of sp³-hybridized carbons (Fsp3) is 0.350. The fourth-order valence-corrected chi connectivity index (χ4v) is 3.21. The average Bonchev–Trinajstić information content (AvgIpc) is 2.61. The lowest BCUT2D eigenvalue weighted by Crippen LogP contribution is -2.31. The molecule has 0 heterocycles. The van der Waals surface area contributed by atoms with Crippen molar-refractivity contribution in [3.63, 3.8) is 0 Å². The van der Waals surface area contributed by atoms with Gasteiger partial charge in [0, 0.05) is 11.4 Å². The number of benzene rings is 2. The molecule has 0 spiro atoms. The molecule has 4 heteroatoms. The van der Waals surface area contributed by atoms with Crippen molar-refractivity contribution in [2.75, 3.05) is 13.7 Å². The van der Waals surface area contributed by atoms with Gasteiger partial charge >= 0.3 is 0 Å². The molecule has 0 fully saturated rings. The minimum absolute atomic E-state index is 0.0892. The maximum atomic E-state index is 12.2. The van der Waals surface area contributed by atoms with Gasteiger partial charge in [-0.1, -0.05) is 29.8 Å². The average molecular weight is 343 g/mol. The number of hydrogen-bond donors (Lipinski definition) is 1. The normalized spacial score (nSPS) is 11.8. The summed E-state index contributed by atoms with van der Waals surface area (Å²) in [6.45, 7) is 4.71. The molecule has 24 heavy (non-hydrogen) atoms. The number of thioether (sulfide) groups is 1. The molecule has 0 aliphatic heterocycles. The molecule has 1 N–H and O–H groups in total. The van der Waals surface area contributed by atoms with E-state index in [2.05, 4.69) is 48.6 Å². The smallest absolute Gasteiger partial charge is 0.233 e. The molecule has 0 unspecified atom stereocenters. The van der Waals surface area contributed by atoms with Crippen LogP contribution in [-0.2, 0) is 11.2 Å². The van der Waals surface area contributed by atoms with Gasteiger partial charge in [0.15, 0.2) is 0 Å². The van der Waals surface area contributed by atoms with E-state index in [0.717, 1.165) is 23.5 Å². The Kier molecular flexibility index (Phi) is 7.19. The Morgan fingerprint density at radius 2 is 1.79 bits per heavy atom. The predicted molar refractivity (Wildman–Crippen MR) is 101 cm³/mol. The summed E-state index contributed by atoms with van der Waals surface area (Å²) in [5, 5.41) is 2.93. The molecule has 2 aromatic carbocycles. The third kappa shape index (κ3) is 5.93. The van der Waals surface area contributed by atoms with E-state index in [9.17, 15) is 4.79 Å². The van der Waals surface area contributed by atoms with Crippen molar-refractivity contribution < 1.29 is 9.53 Å². The van der Waals surface area contributed by atoms with Crippen LogP contribution < -0.4 is 10.1 Å². The number of hydrogen-bond acceptors (Lipinski definition) is 3. The minimum Gasteiger partial charge on any atom is -0.497 e. The van der Waals surface area contributed by atoms with E-state index in [0.29, 0.717) is 6.54 Å². The lowest BCUT2D eigenvalue weighted by molar-refractivity contribution is -0.120. The van der Waals surface area contributed by atoms with Gasteiger partial charge in [-0.25, -0.2) is 0 Å². The van der Waals surface area contributed by atoms with Crippen molar-refractivity contribution in [3.8, 4) is 5.75 Å². The van der Waals surface area contributed by atoms with Crippen LogP contribution >= 0.6 is 11.8 Å². The number of amides is 1. The van der Waals surface area contributed by atoms with Crippen LogP contribution in [0.3, 0.4) is 0 Å². The summed E-state index contributed by atoms with van der Waals surface area (Å²) in [7, 11) is 1.67. The SMILES string of the molecule is COc1ccc(CCCNC(=O)[C@@H](C)Sc2ccc(C)cc2)cc1. The Morgan fingerprint density at radius 3 is 2.42 bits per heavy atom. The Balaban J connectivity index is 1.69. The van der Waals surface area contributed by atoms with Crippen LogP contribution in [0.5, 0.6) is 5.75 Å².